The number of rotatable bonds is 4. The third-order valence-electron chi connectivity index (χ3n) is 3.26. The summed E-state index contributed by atoms with van der Waals surface area (Å²) in [5, 5.41) is 5.93. The quantitative estimate of drug-likeness (QED) is 0.802. The summed E-state index contributed by atoms with van der Waals surface area (Å²) in [7, 11) is -1.73. The molecule has 1 N–H and O–H groups in total. The minimum Gasteiger partial charge on any atom is -0.275 e. The van der Waals surface area contributed by atoms with Crippen LogP contribution in [0.25, 0.3) is 10.8 Å². The van der Waals surface area contributed by atoms with Gasteiger partial charge < -0.3 is 0 Å². The maximum Gasteiger partial charge on any atom is 0.240 e. The Morgan fingerprint density at radius 2 is 1.90 bits per heavy atom. The van der Waals surface area contributed by atoms with E-state index in [1.807, 2.05) is 30.3 Å². The van der Waals surface area contributed by atoms with Gasteiger partial charge in [0.25, 0.3) is 0 Å². The largest absolute Gasteiger partial charge is 0.275 e. The lowest BCUT2D eigenvalue weighted by Crippen LogP contribution is -2.23. The SMILES string of the molecule is Cn1cc(CNS(=O)(=O)c2ccc3ccccc3c2)cn1. The highest BCUT2D eigenvalue weighted by atomic mass is 32.2. The van der Waals surface area contributed by atoms with Gasteiger partial charge in [0.05, 0.1) is 11.1 Å². The molecule has 2 aromatic carbocycles. The second kappa shape index (κ2) is 5.31. The zero-order valence-corrected chi connectivity index (χ0v) is 12.3. The molecule has 0 aliphatic rings. The zero-order valence-electron chi connectivity index (χ0n) is 11.5. The van der Waals surface area contributed by atoms with Gasteiger partial charge in [-0.25, -0.2) is 13.1 Å². The normalized spacial score (nSPS) is 11.9. The van der Waals surface area contributed by atoms with Crippen molar-refractivity contribution in [2.24, 2.45) is 7.05 Å². The van der Waals surface area contributed by atoms with Crippen molar-refractivity contribution in [3.05, 3.63) is 60.4 Å². The molecule has 1 aromatic heterocycles. The van der Waals surface area contributed by atoms with Crippen LogP contribution in [0.4, 0.5) is 0 Å². The Labute approximate surface area is 123 Å². The van der Waals surface area contributed by atoms with Crippen molar-refractivity contribution in [2.75, 3.05) is 0 Å². The topological polar surface area (TPSA) is 64.0 Å². The molecule has 108 valence electrons. The summed E-state index contributed by atoms with van der Waals surface area (Å²) in [4.78, 5) is 0.269. The number of fused-ring (bicyclic) bond motifs is 1. The predicted molar refractivity (Wildman–Crippen MR) is 81.2 cm³/mol. The Morgan fingerprint density at radius 1 is 1.14 bits per heavy atom. The highest BCUT2D eigenvalue weighted by Crippen LogP contribution is 2.19. The third-order valence-corrected chi connectivity index (χ3v) is 4.65. The molecule has 3 rings (SSSR count). The molecule has 0 radical (unpaired) electrons. The van der Waals surface area contributed by atoms with Crippen molar-refractivity contribution >= 4 is 20.8 Å². The molecule has 0 aliphatic carbocycles. The molecular weight excluding hydrogens is 286 g/mol. The van der Waals surface area contributed by atoms with Gasteiger partial charge in [-0.1, -0.05) is 30.3 Å². The molecule has 0 spiro atoms. The average molecular weight is 301 g/mol. The lowest BCUT2D eigenvalue weighted by molar-refractivity contribution is 0.581. The predicted octanol–water partition coefficient (Wildman–Crippen LogP) is 2.05. The first-order chi connectivity index (χ1) is 10.0. The summed E-state index contributed by atoms with van der Waals surface area (Å²) in [5.74, 6) is 0. The first-order valence-corrected chi connectivity index (χ1v) is 7.99. The summed E-state index contributed by atoms with van der Waals surface area (Å²) < 4.78 is 28.9. The van der Waals surface area contributed by atoms with Gasteiger partial charge in [-0.15, -0.1) is 0 Å². The number of hydrogen-bond donors (Lipinski definition) is 1. The molecule has 0 saturated carbocycles. The highest BCUT2D eigenvalue weighted by Gasteiger charge is 2.14. The van der Waals surface area contributed by atoms with E-state index in [-0.39, 0.29) is 11.4 Å². The van der Waals surface area contributed by atoms with Crippen molar-refractivity contribution in [1.82, 2.24) is 14.5 Å². The van der Waals surface area contributed by atoms with Gasteiger partial charge >= 0.3 is 0 Å². The lowest BCUT2D eigenvalue weighted by Gasteiger charge is -2.07. The van der Waals surface area contributed by atoms with Gasteiger partial charge in [0.2, 0.25) is 10.0 Å². The number of aromatic nitrogens is 2. The number of aryl methyl sites for hydroxylation is 1. The second-order valence-electron chi connectivity index (χ2n) is 4.86. The minimum absolute atomic E-state index is 0.225. The van der Waals surface area contributed by atoms with Gasteiger partial charge in [0.1, 0.15) is 0 Å². The molecular formula is C15H15N3O2S. The van der Waals surface area contributed by atoms with Crippen LogP contribution in [-0.2, 0) is 23.6 Å². The third kappa shape index (κ3) is 2.96. The van der Waals surface area contributed by atoms with Crippen LogP contribution in [0.3, 0.4) is 0 Å². The van der Waals surface area contributed by atoms with Crippen LogP contribution in [0, 0.1) is 0 Å². The molecule has 5 nitrogen and oxygen atoms in total. The van der Waals surface area contributed by atoms with Crippen LogP contribution in [0.1, 0.15) is 5.56 Å². The highest BCUT2D eigenvalue weighted by molar-refractivity contribution is 7.89. The maximum absolute atomic E-state index is 12.3. The Kier molecular flexibility index (Phi) is 3.48. The summed E-state index contributed by atoms with van der Waals surface area (Å²) in [5.41, 5.74) is 0.821. The van der Waals surface area contributed by atoms with E-state index in [1.165, 1.54) is 0 Å². The van der Waals surface area contributed by atoms with Crippen molar-refractivity contribution in [2.45, 2.75) is 11.4 Å². The maximum atomic E-state index is 12.3. The fourth-order valence-corrected chi connectivity index (χ4v) is 3.21. The van der Waals surface area contributed by atoms with Crippen LogP contribution < -0.4 is 4.72 Å². The van der Waals surface area contributed by atoms with E-state index in [0.717, 1.165) is 16.3 Å². The van der Waals surface area contributed by atoms with Gasteiger partial charge in [-0.3, -0.25) is 4.68 Å². The molecule has 21 heavy (non-hydrogen) atoms. The Balaban J connectivity index is 1.85. The van der Waals surface area contributed by atoms with Gasteiger partial charge in [-0.05, 0) is 22.9 Å². The molecule has 0 unspecified atom stereocenters. The van der Waals surface area contributed by atoms with E-state index >= 15 is 0 Å². The number of benzene rings is 2. The van der Waals surface area contributed by atoms with Crippen molar-refractivity contribution < 1.29 is 8.42 Å². The molecule has 1 heterocycles. The van der Waals surface area contributed by atoms with Crippen LogP contribution in [0.15, 0.2) is 59.8 Å². The van der Waals surface area contributed by atoms with E-state index in [2.05, 4.69) is 9.82 Å². The molecule has 6 heteroatoms. The van der Waals surface area contributed by atoms with E-state index in [0.29, 0.717) is 0 Å². The molecule has 3 aromatic rings. The fraction of sp³-hybridized carbons (Fsp3) is 0.133. The molecule has 0 fully saturated rings. The molecule has 0 saturated heterocycles. The number of nitrogens with one attached hydrogen (secondary N) is 1. The number of sulfonamides is 1. The van der Waals surface area contributed by atoms with Crippen LogP contribution in [0.2, 0.25) is 0 Å². The van der Waals surface area contributed by atoms with Crippen LogP contribution >= 0.6 is 0 Å². The number of hydrogen-bond acceptors (Lipinski definition) is 3. The van der Waals surface area contributed by atoms with Crippen molar-refractivity contribution in [3.63, 3.8) is 0 Å². The standard InChI is InChI=1S/C15H15N3O2S/c1-18-11-12(9-16-18)10-17-21(19,20)15-7-6-13-4-2-3-5-14(13)8-15/h2-9,11,17H,10H2,1H3. The van der Waals surface area contributed by atoms with Crippen molar-refractivity contribution in [1.29, 1.82) is 0 Å². The Bertz CT molecular complexity index is 885. The smallest absolute Gasteiger partial charge is 0.240 e. The van der Waals surface area contributed by atoms with Gasteiger partial charge in [0.15, 0.2) is 0 Å². The van der Waals surface area contributed by atoms with Crippen LogP contribution in [-0.4, -0.2) is 18.2 Å². The van der Waals surface area contributed by atoms with Crippen LogP contribution in [0.5, 0.6) is 0 Å². The van der Waals surface area contributed by atoms with Crippen molar-refractivity contribution in [3.8, 4) is 0 Å². The fourth-order valence-electron chi connectivity index (χ4n) is 2.16. The van der Waals surface area contributed by atoms with E-state index in [1.54, 1.807) is 36.3 Å². The zero-order chi connectivity index (χ0) is 14.9. The lowest BCUT2D eigenvalue weighted by atomic mass is 10.1. The molecule has 0 bridgehead atoms. The molecule has 0 amide bonds. The van der Waals surface area contributed by atoms with E-state index < -0.39 is 10.0 Å². The molecule has 0 atom stereocenters. The van der Waals surface area contributed by atoms with Gasteiger partial charge in [0, 0.05) is 25.4 Å². The summed E-state index contributed by atoms with van der Waals surface area (Å²) in [6, 6.07) is 12.8. The Morgan fingerprint density at radius 3 is 2.62 bits per heavy atom. The monoisotopic (exact) mass is 301 g/mol. The van der Waals surface area contributed by atoms with E-state index in [4.69, 9.17) is 0 Å². The Hall–Kier alpha value is -2.18. The van der Waals surface area contributed by atoms with E-state index in [9.17, 15) is 8.42 Å². The number of nitrogens with zero attached hydrogens (tertiary/aromatic N) is 2. The summed E-state index contributed by atoms with van der Waals surface area (Å²) >= 11 is 0. The first-order valence-electron chi connectivity index (χ1n) is 6.51. The van der Waals surface area contributed by atoms with Gasteiger partial charge in [-0.2, -0.15) is 5.10 Å². The molecule has 0 aliphatic heterocycles. The summed E-state index contributed by atoms with van der Waals surface area (Å²) in [6.45, 7) is 0.225. The second-order valence-corrected chi connectivity index (χ2v) is 6.62. The average Bonchev–Trinajstić information content (AvgIpc) is 2.90. The first kappa shape index (κ1) is 13.8. The minimum atomic E-state index is -3.53. The summed E-state index contributed by atoms with van der Waals surface area (Å²) in [6.07, 6.45) is 3.42.